The molecule has 2 rings (SSSR count). The molecule has 0 radical (unpaired) electrons. The molecule has 0 saturated heterocycles. The van der Waals surface area contributed by atoms with E-state index >= 15 is 0 Å². The van der Waals surface area contributed by atoms with Crippen molar-refractivity contribution in [2.75, 3.05) is 5.32 Å². The molecule has 0 aromatic carbocycles. The van der Waals surface area contributed by atoms with Crippen LogP contribution < -0.4 is 5.32 Å². The van der Waals surface area contributed by atoms with E-state index in [0.717, 1.165) is 10.7 Å². The van der Waals surface area contributed by atoms with E-state index in [0.29, 0.717) is 10.3 Å². The summed E-state index contributed by atoms with van der Waals surface area (Å²) in [7, 11) is 0. The van der Waals surface area contributed by atoms with Crippen LogP contribution in [0.15, 0.2) is 22.1 Å². The Morgan fingerprint density at radius 1 is 1.58 bits per heavy atom. The lowest BCUT2D eigenvalue weighted by atomic mass is 10.3. The molecule has 0 saturated carbocycles. The molecule has 0 aliphatic carbocycles. The third-order valence-corrected chi connectivity index (χ3v) is 4.15. The van der Waals surface area contributed by atoms with Crippen LogP contribution in [0.4, 0.5) is 11.5 Å². The zero-order valence-corrected chi connectivity index (χ0v) is 12.7. The lowest BCUT2D eigenvalue weighted by Crippen LogP contribution is -2.08. The highest BCUT2D eigenvalue weighted by molar-refractivity contribution is 9.10. The number of anilines is 1. The van der Waals surface area contributed by atoms with E-state index in [2.05, 4.69) is 31.2 Å². The molecule has 0 bridgehead atoms. The number of hydrogen-bond donors (Lipinski definition) is 1. The van der Waals surface area contributed by atoms with Crippen LogP contribution in [0.25, 0.3) is 0 Å². The Morgan fingerprint density at radius 2 is 2.32 bits per heavy atom. The van der Waals surface area contributed by atoms with Gasteiger partial charge in [-0.1, -0.05) is 0 Å². The van der Waals surface area contributed by atoms with Gasteiger partial charge in [-0.15, -0.1) is 11.3 Å². The number of pyridine rings is 1. The number of rotatable bonds is 4. The molecular formula is C11H11BrN4O2S. The Kier molecular flexibility index (Phi) is 4.11. The van der Waals surface area contributed by atoms with E-state index < -0.39 is 4.92 Å². The maximum atomic E-state index is 10.6. The Morgan fingerprint density at radius 3 is 2.84 bits per heavy atom. The summed E-state index contributed by atoms with van der Waals surface area (Å²) < 4.78 is 0.557. The number of aryl methyl sites for hydroxylation is 1. The van der Waals surface area contributed by atoms with Crippen molar-refractivity contribution < 1.29 is 4.92 Å². The maximum Gasteiger partial charge on any atom is 0.288 e. The van der Waals surface area contributed by atoms with Crippen molar-refractivity contribution in [3.8, 4) is 0 Å². The van der Waals surface area contributed by atoms with Gasteiger partial charge in [0.15, 0.2) is 0 Å². The van der Waals surface area contributed by atoms with E-state index in [1.807, 2.05) is 19.2 Å². The van der Waals surface area contributed by atoms with Gasteiger partial charge in [-0.25, -0.2) is 9.97 Å². The lowest BCUT2D eigenvalue weighted by molar-refractivity contribution is -0.385. The molecule has 2 aromatic heterocycles. The average Bonchev–Trinajstić information content (AvgIpc) is 2.78. The molecule has 8 heteroatoms. The molecule has 2 heterocycles. The minimum atomic E-state index is -0.477. The fourth-order valence-corrected chi connectivity index (χ4v) is 2.73. The SMILES string of the molecule is Cc1csc(C(C)Nc2ncc([N+](=O)[O-])cc2Br)n1. The number of thiazole rings is 1. The monoisotopic (exact) mass is 342 g/mol. The highest BCUT2D eigenvalue weighted by atomic mass is 79.9. The molecule has 100 valence electrons. The summed E-state index contributed by atoms with van der Waals surface area (Å²) in [6.07, 6.45) is 1.23. The van der Waals surface area contributed by atoms with Crippen LogP contribution in [0.2, 0.25) is 0 Å². The van der Waals surface area contributed by atoms with Gasteiger partial charge < -0.3 is 5.32 Å². The molecule has 0 spiro atoms. The first-order chi connectivity index (χ1) is 8.97. The Bertz CT molecular complexity index is 616. The standard InChI is InChI=1S/C11H11BrN4O2S/c1-6-5-19-11(14-6)7(2)15-10-9(12)3-8(4-13-10)16(17)18/h3-5,7H,1-2H3,(H,13,15). The highest BCUT2D eigenvalue weighted by Crippen LogP contribution is 2.28. The second-order valence-electron chi connectivity index (χ2n) is 3.97. The smallest absolute Gasteiger partial charge is 0.288 e. The van der Waals surface area contributed by atoms with Gasteiger partial charge in [0, 0.05) is 17.1 Å². The molecule has 6 nitrogen and oxygen atoms in total. The van der Waals surface area contributed by atoms with Crippen LogP contribution >= 0.6 is 27.3 Å². The molecule has 2 aromatic rings. The van der Waals surface area contributed by atoms with Gasteiger partial charge in [-0.2, -0.15) is 0 Å². The van der Waals surface area contributed by atoms with E-state index in [1.54, 1.807) is 11.3 Å². The third kappa shape index (κ3) is 3.27. The minimum Gasteiger partial charge on any atom is -0.360 e. The van der Waals surface area contributed by atoms with Crippen LogP contribution in [-0.4, -0.2) is 14.9 Å². The van der Waals surface area contributed by atoms with Crippen molar-refractivity contribution in [2.24, 2.45) is 0 Å². The van der Waals surface area contributed by atoms with Crippen molar-refractivity contribution in [1.82, 2.24) is 9.97 Å². The molecule has 0 fully saturated rings. The van der Waals surface area contributed by atoms with Crippen LogP contribution in [-0.2, 0) is 0 Å². The van der Waals surface area contributed by atoms with Crippen molar-refractivity contribution in [1.29, 1.82) is 0 Å². The van der Waals surface area contributed by atoms with Gasteiger partial charge in [-0.3, -0.25) is 10.1 Å². The molecule has 0 amide bonds. The molecule has 0 aliphatic rings. The summed E-state index contributed by atoms with van der Waals surface area (Å²) in [5.41, 5.74) is 0.930. The number of nitrogens with one attached hydrogen (secondary N) is 1. The van der Waals surface area contributed by atoms with Crippen LogP contribution in [0, 0.1) is 17.0 Å². The van der Waals surface area contributed by atoms with Gasteiger partial charge in [0.1, 0.15) is 17.0 Å². The Balaban J connectivity index is 2.17. The minimum absolute atomic E-state index is 0.0102. The summed E-state index contributed by atoms with van der Waals surface area (Å²) in [6.45, 7) is 3.90. The summed E-state index contributed by atoms with van der Waals surface area (Å²) in [6, 6.07) is 1.42. The van der Waals surface area contributed by atoms with Crippen LogP contribution in [0.3, 0.4) is 0 Å². The van der Waals surface area contributed by atoms with Gasteiger partial charge in [-0.05, 0) is 29.8 Å². The quantitative estimate of drug-likeness (QED) is 0.676. The summed E-state index contributed by atoms with van der Waals surface area (Å²) in [5.74, 6) is 0.561. The van der Waals surface area contributed by atoms with Crippen molar-refractivity contribution >= 4 is 38.8 Å². The number of aromatic nitrogens is 2. The normalized spacial score (nSPS) is 12.2. The number of nitro groups is 1. The third-order valence-electron chi connectivity index (χ3n) is 2.40. The fourth-order valence-electron chi connectivity index (χ4n) is 1.47. The van der Waals surface area contributed by atoms with Gasteiger partial charge in [0.2, 0.25) is 0 Å². The first-order valence-corrected chi connectivity index (χ1v) is 7.13. The molecule has 0 aliphatic heterocycles. The zero-order chi connectivity index (χ0) is 14.0. The van der Waals surface area contributed by atoms with Crippen LogP contribution in [0.1, 0.15) is 23.7 Å². The van der Waals surface area contributed by atoms with E-state index in [9.17, 15) is 10.1 Å². The van der Waals surface area contributed by atoms with Gasteiger partial charge in [0.05, 0.1) is 15.4 Å². The van der Waals surface area contributed by atoms with Crippen LogP contribution in [0.5, 0.6) is 0 Å². The maximum absolute atomic E-state index is 10.6. The molecule has 1 unspecified atom stereocenters. The molecule has 19 heavy (non-hydrogen) atoms. The summed E-state index contributed by atoms with van der Waals surface area (Å²) in [5, 5.41) is 16.7. The number of halogens is 1. The Hall–Kier alpha value is -1.54. The first kappa shape index (κ1) is 13.9. The topological polar surface area (TPSA) is 81.0 Å². The van der Waals surface area contributed by atoms with Crippen molar-refractivity contribution in [3.63, 3.8) is 0 Å². The largest absolute Gasteiger partial charge is 0.360 e. The van der Waals surface area contributed by atoms with E-state index in [-0.39, 0.29) is 11.7 Å². The zero-order valence-electron chi connectivity index (χ0n) is 10.3. The number of nitrogens with zero attached hydrogens (tertiary/aromatic N) is 3. The van der Waals surface area contributed by atoms with E-state index in [1.165, 1.54) is 12.3 Å². The molecular weight excluding hydrogens is 332 g/mol. The van der Waals surface area contributed by atoms with Crippen molar-refractivity contribution in [3.05, 3.63) is 42.9 Å². The summed E-state index contributed by atoms with van der Waals surface area (Å²) in [4.78, 5) is 18.6. The Labute approximate surface area is 122 Å². The second-order valence-corrected chi connectivity index (χ2v) is 5.72. The first-order valence-electron chi connectivity index (χ1n) is 5.46. The summed E-state index contributed by atoms with van der Waals surface area (Å²) >= 11 is 4.84. The molecule has 1 N–H and O–H groups in total. The highest BCUT2D eigenvalue weighted by Gasteiger charge is 2.14. The number of hydrogen-bond acceptors (Lipinski definition) is 6. The predicted octanol–water partition coefficient (Wildman–Crippen LogP) is 3.69. The van der Waals surface area contributed by atoms with E-state index in [4.69, 9.17) is 0 Å². The fraction of sp³-hybridized carbons (Fsp3) is 0.273. The lowest BCUT2D eigenvalue weighted by Gasteiger charge is -2.12. The van der Waals surface area contributed by atoms with Crippen molar-refractivity contribution in [2.45, 2.75) is 19.9 Å². The second kappa shape index (κ2) is 5.62. The van der Waals surface area contributed by atoms with Gasteiger partial charge in [0.25, 0.3) is 5.69 Å². The predicted molar refractivity (Wildman–Crippen MR) is 77.5 cm³/mol. The van der Waals surface area contributed by atoms with Gasteiger partial charge >= 0.3 is 0 Å². The molecule has 1 atom stereocenters. The average molecular weight is 343 g/mol.